The van der Waals surface area contributed by atoms with Crippen molar-refractivity contribution in [3.63, 3.8) is 0 Å². The van der Waals surface area contributed by atoms with Gasteiger partial charge in [0.05, 0.1) is 12.1 Å². The number of nitrogens with two attached hydrogens (primary N) is 1. The number of hydrogen-bond donors (Lipinski definition) is 1. The zero-order chi connectivity index (χ0) is 14.8. The molecule has 0 spiro atoms. The Kier molecular flexibility index (Phi) is 3.53. The summed E-state index contributed by atoms with van der Waals surface area (Å²) in [5.41, 5.74) is 9.39. The molecular weight excluding hydrogens is 268 g/mol. The Morgan fingerprint density at radius 1 is 1.05 bits per heavy atom. The van der Waals surface area contributed by atoms with Gasteiger partial charge in [-0.3, -0.25) is 0 Å². The maximum absolute atomic E-state index is 5.58. The largest absolute Gasteiger partial charge is 0.361 e. The van der Waals surface area contributed by atoms with Crippen molar-refractivity contribution in [3.8, 4) is 11.4 Å². The van der Waals surface area contributed by atoms with Crippen molar-refractivity contribution < 1.29 is 9.05 Å². The topological polar surface area (TPSA) is 91.0 Å². The molecule has 2 N–H and O–H groups in total. The summed E-state index contributed by atoms with van der Waals surface area (Å²) in [6.45, 7) is 4.29. The van der Waals surface area contributed by atoms with Crippen LogP contribution in [0.25, 0.3) is 11.4 Å². The van der Waals surface area contributed by atoms with Crippen molar-refractivity contribution >= 4 is 0 Å². The zero-order valence-electron chi connectivity index (χ0n) is 12.0. The van der Waals surface area contributed by atoms with E-state index in [-0.39, 0.29) is 0 Å². The average Bonchev–Trinajstić information content (AvgIpc) is 3.10. The lowest BCUT2D eigenvalue weighted by Crippen LogP contribution is -1.95. The molecule has 0 bridgehead atoms. The normalized spacial score (nSPS) is 11.0. The van der Waals surface area contributed by atoms with E-state index in [1.807, 2.05) is 38.1 Å². The summed E-state index contributed by atoms with van der Waals surface area (Å²) in [6, 6.07) is 7.79. The summed E-state index contributed by atoms with van der Waals surface area (Å²) in [7, 11) is 0. The van der Waals surface area contributed by atoms with Crippen LogP contribution in [0.4, 0.5) is 0 Å². The van der Waals surface area contributed by atoms with Gasteiger partial charge in [-0.15, -0.1) is 0 Å². The van der Waals surface area contributed by atoms with Crippen LogP contribution in [0.3, 0.4) is 0 Å². The Morgan fingerprint density at radius 2 is 1.81 bits per heavy atom. The molecule has 3 rings (SSSR count). The van der Waals surface area contributed by atoms with Crippen LogP contribution >= 0.6 is 0 Å². The number of hydrogen-bond acceptors (Lipinski definition) is 6. The number of benzene rings is 1. The minimum absolute atomic E-state index is 0.518. The lowest BCUT2D eigenvalue weighted by atomic mass is 10.1. The fourth-order valence-corrected chi connectivity index (χ4v) is 2.14. The van der Waals surface area contributed by atoms with Gasteiger partial charge in [-0.05, 0) is 19.4 Å². The Morgan fingerprint density at radius 3 is 2.43 bits per heavy atom. The van der Waals surface area contributed by atoms with E-state index >= 15 is 0 Å². The molecule has 108 valence electrons. The van der Waals surface area contributed by atoms with E-state index in [0.29, 0.717) is 24.7 Å². The van der Waals surface area contributed by atoms with Crippen molar-refractivity contribution in [2.75, 3.05) is 0 Å². The monoisotopic (exact) mass is 284 g/mol. The van der Waals surface area contributed by atoms with Gasteiger partial charge in [-0.25, -0.2) is 0 Å². The molecule has 0 fully saturated rings. The lowest BCUT2D eigenvalue weighted by Gasteiger charge is -1.97. The fourth-order valence-electron chi connectivity index (χ4n) is 2.14. The third kappa shape index (κ3) is 2.71. The maximum atomic E-state index is 5.58. The molecule has 0 aliphatic rings. The SMILES string of the molecule is Cc1noc(C)c1Cc1nc(-c2ccc(CN)cc2)no1. The summed E-state index contributed by atoms with van der Waals surface area (Å²) in [6.07, 6.45) is 0.523. The molecule has 0 saturated heterocycles. The first kappa shape index (κ1) is 13.5. The van der Waals surface area contributed by atoms with Crippen LogP contribution < -0.4 is 5.73 Å². The molecule has 2 aromatic heterocycles. The van der Waals surface area contributed by atoms with Gasteiger partial charge in [0.1, 0.15) is 5.76 Å². The van der Waals surface area contributed by atoms with Crippen LogP contribution in [0, 0.1) is 13.8 Å². The van der Waals surface area contributed by atoms with E-state index in [1.54, 1.807) is 0 Å². The van der Waals surface area contributed by atoms with Gasteiger partial charge < -0.3 is 14.8 Å². The number of nitrogens with zero attached hydrogens (tertiary/aromatic N) is 3. The molecule has 3 aromatic rings. The first-order chi connectivity index (χ1) is 10.2. The molecule has 6 heteroatoms. The van der Waals surface area contributed by atoms with Crippen molar-refractivity contribution in [1.29, 1.82) is 0 Å². The van der Waals surface area contributed by atoms with Gasteiger partial charge >= 0.3 is 0 Å². The van der Waals surface area contributed by atoms with Crippen molar-refractivity contribution in [2.45, 2.75) is 26.8 Å². The van der Waals surface area contributed by atoms with E-state index in [9.17, 15) is 0 Å². The van der Waals surface area contributed by atoms with Crippen LogP contribution in [-0.4, -0.2) is 15.3 Å². The molecule has 0 aliphatic heterocycles. The molecule has 1 aromatic carbocycles. The molecule has 0 atom stereocenters. The van der Waals surface area contributed by atoms with Crippen LogP contribution in [-0.2, 0) is 13.0 Å². The molecule has 0 unspecified atom stereocenters. The van der Waals surface area contributed by atoms with Crippen LogP contribution in [0.15, 0.2) is 33.3 Å². The lowest BCUT2D eigenvalue weighted by molar-refractivity contribution is 0.381. The average molecular weight is 284 g/mol. The minimum Gasteiger partial charge on any atom is -0.361 e. The summed E-state index contributed by atoms with van der Waals surface area (Å²) in [4.78, 5) is 4.41. The predicted octanol–water partition coefficient (Wildman–Crippen LogP) is 2.39. The Bertz CT molecular complexity index is 724. The summed E-state index contributed by atoms with van der Waals surface area (Å²) in [5, 5.41) is 7.93. The quantitative estimate of drug-likeness (QED) is 0.791. The molecule has 0 aliphatic carbocycles. The Balaban J connectivity index is 1.82. The van der Waals surface area contributed by atoms with Crippen molar-refractivity contribution in [1.82, 2.24) is 15.3 Å². The predicted molar refractivity (Wildman–Crippen MR) is 76.4 cm³/mol. The molecule has 21 heavy (non-hydrogen) atoms. The zero-order valence-corrected chi connectivity index (χ0v) is 12.0. The van der Waals surface area contributed by atoms with E-state index in [1.165, 1.54) is 0 Å². The first-order valence-electron chi connectivity index (χ1n) is 6.71. The highest BCUT2D eigenvalue weighted by molar-refractivity contribution is 5.54. The molecule has 6 nitrogen and oxygen atoms in total. The number of aryl methyl sites for hydroxylation is 2. The minimum atomic E-state index is 0.518. The highest BCUT2D eigenvalue weighted by Crippen LogP contribution is 2.20. The van der Waals surface area contributed by atoms with Crippen molar-refractivity contribution in [3.05, 3.63) is 52.7 Å². The summed E-state index contributed by atoms with van der Waals surface area (Å²) < 4.78 is 10.4. The van der Waals surface area contributed by atoms with Gasteiger partial charge in [0.25, 0.3) is 0 Å². The fraction of sp³-hybridized carbons (Fsp3) is 0.267. The summed E-state index contributed by atoms with van der Waals surface area (Å²) in [5.74, 6) is 1.89. The van der Waals surface area contributed by atoms with E-state index in [0.717, 1.165) is 28.1 Å². The van der Waals surface area contributed by atoms with E-state index < -0.39 is 0 Å². The Hall–Kier alpha value is -2.47. The Labute approximate surface area is 121 Å². The third-order valence-corrected chi connectivity index (χ3v) is 3.43. The standard InChI is InChI=1S/C15H16N4O2/c1-9-13(10(2)20-18-9)7-14-17-15(19-21-14)12-5-3-11(8-16)4-6-12/h3-6H,7-8,16H2,1-2H3. The molecule has 0 amide bonds. The second kappa shape index (κ2) is 5.49. The second-order valence-corrected chi connectivity index (χ2v) is 4.89. The van der Waals surface area contributed by atoms with E-state index in [4.69, 9.17) is 14.8 Å². The molecule has 2 heterocycles. The van der Waals surface area contributed by atoms with Crippen LogP contribution in [0.5, 0.6) is 0 Å². The number of aromatic nitrogens is 3. The maximum Gasteiger partial charge on any atom is 0.231 e. The summed E-state index contributed by atoms with van der Waals surface area (Å²) >= 11 is 0. The van der Waals surface area contributed by atoms with Crippen LogP contribution in [0.2, 0.25) is 0 Å². The molecular formula is C15H16N4O2. The van der Waals surface area contributed by atoms with E-state index in [2.05, 4.69) is 15.3 Å². The smallest absolute Gasteiger partial charge is 0.231 e. The van der Waals surface area contributed by atoms with Crippen LogP contribution in [0.1, 0.15) is 28.5 Å². The number of rotatable bonds is 4. The highest BCUT2D eigenvalue weighted by atomic mass is 16.5. The van der Waals surface area contributed by atoms with Gasteiger partial charge in [-0.1, -0.05) is 34.6 Å². The first-order valence-corrected chi connectivity index (χ1v) is 6.71. The molecule has 0 saturated carbocycles. The molecule has 0 radical (unpaired) electrons. The van der Waals surface area contributed by atoms with Gasteiger partial charge in [-0.2, -0.15) is 4.98 Å². The van der Waals surface area contributed by atoms with Crippen molar-refractivity contribution in [2.24, 2.45) is 5.73 Å². The van der Waals surface area contributed by atoms with Gasteiger partial charge in [0.2, 0.25) is 11.7 Å². The highest BCUT2D eigenvalue weighted by Gasteiger charge is 2.15. The van der Waals surface area contributed by atoms with Gasteiger partial charge in [0, 0.05) is 17.7 Å². The second-order valence-electron chi connectivity index (χ2n) is 4.89. The van der Waals surface area contributed by atoms with Gasteiger partial charge in [0.15, 0.2) is 0 Å². The third-order valence-electron chi connectivity index (χ3n) is 3.43.